The maximum atomic E-state index is 10.0. The third-order valence-corrected chi connectivity index (χ3v) is 6.94. The zero-order chi connectivity index (χ0) is 18.5. The van der Waals surface area contributed by atoms with E-state index in [9.17, 15) is 5.11 Å². The summed E-state index contributed by atoms with van der Waals surface area (Å²) >= 11 is 3.51. The van der Waals surface area contributed by atoms with Crippen molar-refractivity contribution in [3.8, 4) is 0 Å². The molecular weight excluding hydrogens is 394 g/mol. The monoisotopic (exact) mass is 419 g/mol. The molecule has 3 heterocycles. The van der Waals surface area contributed by atoms with E-state index < -0.39 is 0 Å². The zero-order valence-electron chi connectivity index (χ0n) is 15.5. The van der Waals surface area contributed by atoms with Gasteiger partial charge in [0.1, 0.15) is 0 Å². The Balaban J connectivity index is 1.68. The molecule has 4 rings (SSSR count). The van der Waals surface area contributed by atoms with E-state index >= 15 is 0 Å². The minimum atomic E-state index is -0.323. The summed E-state index contributed by atoms with van der Waals surface area (Å²) in [5, 5.41) is 14.4. The third-order valence-electron chi connectivity index (χ3n) is 6.41. The van der Waals surface area contributed by atoms with Crippen molar-refractivity contribution in [2.45, 2.75) is 70.1 Å². The Morgan fingerprint density at radius 2 is 1.81 bits per heavy atom. The van der Waals surface area contributed by atoms with Crippen LogP contribution in [0.15, 0.2) is 33.3 Å². The number of nitrogens with zero attached hydrogens (tertiary/aromatic N) is 3. The van der Waals surface area contributed by atoms with Crippen LogP contribution in [0.2, 0.25) is 0 Å². The van der Waals surface area contributed by atoms with Gasteiger partial charge in [0, 0.05) is 16.6 Å². The van der Waals surface area contributed by atoms with Crippen LogP contribution in [0, 0.1) is 5.92 Å². The summed E-state index contributed by atoms with van der Waals surface area (Å²) in [5.74, 6) is 1.05. The van der Waals surface area contributed by atoms with Crippen LogP contribution in [0.3, 0.4) is 0 Å². The molecule has 0 aliphatic carbocycles. The highest BCUT2D eigenvalue weighted by Crippen LogP contribution is 2.42. The molecule has 0 saturated carbocycles. The molecule has 3 atom stereocenters. The van der Waals surface area contributed by atoms with E-state index in [0.717, 1.165) is 36.0 Å². The van der Waals surface area contributed by atoms with Crippen molar-refractivity contribution < 1.29 is 9.63 Å². The summed E-state index contributed by atoms with van der Waals surface area (Å²) in [6.45, 7) is 6.57. The maximum absolute atomic E-state index is 10.0. The summed E-state index contributed by atoms with van der Waals surface area (Å²) in [4.78, 5) is 7.10. The normalized spacial score (nSPS) is 27.8. The lowest BCUT2D eigenvalue weighted by Crippen LogP contribution is -2.45. The Morgan fingerprint density at radius 3 is 2.38 bits per heavy atom. The van der Waals surface area contributed by atoms with Crippen LogP contribution >= 0.6 is 15.9 Å². The van der Waals surface area contributed by atoms with Gasteiger partial charge in [-0.05, 0) is 56.2 Å². The molecule has 1 aromatic carbocycles. The number of hydrogen-bond acceptors (Lipinski definition) is 5. The molecule has 0 spiro atoms. The molecule has 2 bridgehead atoms. The first kappa shape index (κ1) is 18.0. The molecule has 0 radical (unpaired) electrons. The van der Waals surface area contributed by atoms with E-state index in [1.807, 2.05) is 0 Å². The van der Waals surface area contributed by atoms with Crippen molar-refractivity contribution in [1.29, 1.82) is 0 Å². The van der Waals surface area contributed by atoms with Crippen molar-refractivity contribution in [2.24, 2.45) is 5.92 Å². The van der Waals surface area contributed by atoms with Crippen LogP contribution in [-0.4, -0.2) is 33.4 Å². The fraction of sp³-hybridized carbons (Fsp3) is 0.600. The van der Waals surface area contributed by atoms with E-state index in [4.69, 9.17) is 9.51 Å². The molecule has 2 fully saturated rings. The number of piperidine rings is 1. The second kappa shape index (κ2) is 6.64. The van der Waals surface area contributed by atoms with Gasteiger partial charge in [0.15, 0.2) is 5.82 Å². The summed E-state index contributed by atoms with van der Waals surface area (Å²) in [7, 11) is 0. The lowest BCUT2D eigenvalue weighted by atomic mass is 9.73. The molecule has 140 valence electrons. The fourth-order valence-corrected chi connectivity index (χ4v) is 4.77. The minimum Gasteiger partial charge on any atom is -0.393 e. The number of halogens is 1. The van der Waals surface area contributed by atoms with Crippen LogP contribution in [0.4, 0.5) is 6.01 Å². The number of aliphatic hydroxyl groups excluding tert-OH is 1. The molecule has 2 aliphatic rings. The van der Waals surface area contributed by atoms with Gasteiger partial charge in [-0.15, -0.1) is 0 Å². The number of anilines is 1. The van der Waals surface area contributed by atoms with Crippen molar-refractivity contribution >= 4 is 21.9 Å². The number of benzene rings is 1. The first-order valence-electron chi connectivity index (χ1n) is 9.46. The molecule has 1 aromatic heterocycles. The van der Waals surface area contributed by atoms with E-state index in [0.29, 0.717) is 24.0 Å². The van der Waals surface area contributed by atoms with Gasteiger partial charge >= 0.3 is 6.01 Å². The molecular formula is C20H26BrN3O2. The molecule has 26 heavy (non-hydrogen) atoms. The topological polar surface area (TPSA) is 62.4 Å². The molecule has 0 amide bonds. The van der Waals surface area contributed by atoms with Gasteiger partial charge in [-0.3, -0.25) is 0 Å². The van der Waals surface area contributed by atoms with Crippen molar-refractivity contribution in [3.05, 3.63) is 40.1 Å². The van der Waals surface area contributed by atoms with Crippen molar-refractivity contribution in [2.75, 3.05) is 4.90 Å². The number of aliphatic hydroxyl groups is 1. The Bertz CT molecular complexity index is 762. The average molecular weight is 420 g/mol. The first-order valence-corrected chi connectivity index (χ1v) is 10.3. The van der Waals surface area contributed by atoms with Crippen LogP contribution in [0.1, 0.15) is 57.8 Å². The third kappa shape index (κ3) is 2.87. The molecule has 2 aliphatic heterocycles. The average Bonchev–Trinajstić information content (AvgIpc) is 3.18. The lowest BCUT2D eigenvalue weighted by Gasteiger charge is -2.35. The van der Waals surface area contributed by atoms with Crippen LogP contribution in [-0.2, 0) is 5.41 Å². The predicted octanol–water partition coefficient (Wildman–Crippen LogP) is 4.29. The molecule has 6 heteroatoms. The van der Waals surface area contributed by atoms with E-state index in [1.54, 1.807) is 0 Å². The lowest BCUT2D eigenvalue weighted by molar-refractivity contribution is 0.123. The summed E-state index contributed by atoms with van der Waals surface area (Å²) in [6.07, 6.45) is 3.57. The number of aromatic nitrogens is 2. The summed E-state index contributed by atoms with van der Waals surface area (Å²) in [6, 6.07) is 9.61. The van der Waals surface area contributed by atoms with Crippen LogP contribution < -0.4 is 4.90 Å². The fourth-order valence-electron chi connectivity index (χ4n) is 4.51. The number of hydrogen-bond donors (Lipinski definition) is 1. The highest BCUT2D eigenvalue weighted by molar-refractivity contribution is 9.10. The highest BCUT2D eigenvalue weighted by Gasteiger charge is 2.44. The Hall–Kier alpha value is -1.40. The van der Waals surface area contributed by atoms with Gasteiger partial charge in [-0.2, -0.15) is 4.98 Å². The van der Waals surface area contributed by atoms with Gasteiger partial charge in [-0.1, -0.05) is 47.1 Å². The van der Waals surface area contributed by atoms with Gasteiger partial charge in [-0.25, -0.2) is 0 Å². The maximum Gasteiger partial charge on any atom is 0.324 e. The highest BCUT2D eigenvalue weighted by atomic mass is 79.9. The summed E-state index contributed by atoms with van der Waals surface area (Å²) in [5.41, 5.74) is 0.858. The van der Waals surface area contributed by atoms with Gasteiger partial charge in [0.25, 0.3) is 0 Å². The van der Waals surface area contributed by atoms with Crippen molar-refractivity contribution in [3.63, 3.8) is 0 Å². The quantitative estimate of drug-likeness (QED) is 0.800. The molecule has 2 saturated heterocycles. The molecule has 1 N–H and O–H groups in total. The molecule has 2 aromatic rings. The second-order valence-electron chi connectivity index (χ2n) is 8.18. The Labute approximate surface area is 162 Å². The Kier molecular flexibility index (Phi) is 4.59. The van der Waals surface area contributed by atoms with Gasteiger partial charge in [0.05, 0.1) is 11.5 Å². The van der Waals surface area contributed by atoms with Gasteiger partial charge < -0.3 is 14.5 Å². The standard InChI is InChI=1S/C20H26BrN3O2/c1-12(2)20(3,13-4-6-14(21)7-5-13)18-22-19(26-23-18)24-15-8-9-16(24)11-17(25)10-15/h4-7,12,15-17,25H,8-11H2,1-3H3. The largest absolute Gasteiger partial charge is 0.393 e. The number of rotatable bonds is 4. The van der Waals surface area contributed by atoms with E-state index in [-0.39, 0.29) is 11.5 Å². The molecule has 3 unspecified atom stereocenters. The van der Waals surface area contributed by atoms with Gasteiger partial charge in [0.2, 0.25) is 0 Å². The number of fused-ring (bicyclic) bond motifs is 2. The SMILES string of the molecule is CC(C)C(C)(c1ccc(Br)cc1)c1noc(N2C3CCC2CC(O)C3)n1. The smallest absolute Gasteiger partial charge is 0.324 e. The van der Waals surface area contributed by atoms with Crippen LogP contribution in [0.5, 0.6) is 0 Å². The predicted molar refractivity (Wildman–Crippen MR) is 104 cm³/mol. The minimum absolute atomic E-state index is 0.199. The van der Waals surface area contributed by atoms with E-state index in [1.165, 1.54) is 5.56 Å². The van der Waals surface area contributed by atoms with E-state index in [2.05, 4.69) is 71.0 Å². The Morgan fingerprint density at radius 1 is 1.19 bits per heavy atom. The van der Waals surface area contributed by atoms with Crippen LogP contribution in [0.25, 0.3) is 0 Å². The second-order valence-corrected chi connectivity index (χ2v) is 9.10. The first-order chi connectivity index (χ1) is 12.4. The van der Waals surface area contributed by atoms with Crippen molar-refractivity contribution in [1.82, 2.24) is 10.1 Å². The summed E-state index contributed by atoms with van der Waals surface area (Å²) < 4.78 is 6.80. The zero-order valence-corrected chi connectivity index (χ0v) is 17.1. The molecule has 5 nitrogen and oxygen atoms in total.